The largest absolute Gasteiger partial charge is 0.495 e. The Balaban J connectivity index is 1.76. The van der Waals surface area contributed by atoms with E-state index in [9.17, 15) is 4.79 Å². The van der Waals surface area contributed by atoms with Gasteiger partial charge >= 0.3 is 0 Å². The summed E-state index contributed by atoms with van der Waals surface area (Å²) in [5.74, 6) is 4.39. The molecular weight excluding hydrogens is 378 g/mol. The molecule has 4 rings (SSSR count). The van der Waals surface area contributed by atoms with Crippen LogP contribution in [0.15, 0.2) is 49.1 Å². The van der Waals surface area contributed by atoms with Gasteiger partial charge in [-0.05, 0) is 30.3 Å². The molecule has 1 aromatic heterocycles. The monoisotopic (exact) mass is 399 g/mol. The van der Waals surface area contributed by atoms with Gasteiger partial charge in [-0.1, -0.05) is 18.6 Å². The Morgan fingerprint density at radius 3 is 2.87 bits per heavy atom. The van der Waals surface area contributed by atoms with Crippen molar-refractivity contribution in [1.82, 2.24) is 14.9 Å². The van der Waals surface area contributed by atoms with E-state index < -0.39 is 0 Å². The molecule has 0 radical (unpaired) electrons. The fourth-order valence-electron chi connectivity index (χ4n) is 3.42. The molecule has 0 spiro atoms. The van der Waals surface area contributed by atoms with E-state index in [0.717, 1.165) is 16.6 Å². The highest BCUT2D eigenvalue weighted by atomic mass is 16.5. The number of nitrogens with one attached hydrogen (secondary N) is 1. The van der Waals surface area contributed by atoms with Gasteiger partial charge in [0.2, 0.25) is 5.91 Å². The summed E-state index contributed by atoms with van der Waals surface area (Å²) in [5.41, 5.74) is 8.89. The van der Waals surface area contributed by atoms with Crippen LogP contribution in [0.5, 0.6) is 5.75 Å². The standard InChI is InChI=1S/C23H21N5O2/c1-4-14-7-6-8-16(9-14)25-23-17-10-18(24)20(30-3)11-19(17)26-22(27-23)15-12-28(13-15)21(29)5-2/h1,5-11,15H,2,12-13,24H2,3H3,(H,25,26,27). The number of carbonyl (C=O) groups is 1. The van der Waals surface area contributed by atoms with Crippen LogP contribution in [-0.4, -0.2) is 41.0 Å². The number of amides is 1. The number of fused-ring (bicyclic) bond motifs is 1. The number of ether oxygens (including phenoxy) is 1. The fourth-order valence-corrected chi connectivity index (χ4v) is 3.42. The number of nitrogens with two attached hydrogens (primary N) is 1. The van der Waals surface area contributed by atoms with Crippen LogP contribution in [0.4, 0.5) is 17.2 Å². The molecule has 2 aromatic carbocycles. The van der Waals surface area contributed by atoms with Gasteiger partial charge in [0.15, 0.2) is 0 Å². The van der Waals surface area contributed by atoms with E-state index in [4.69, 9.17) is 26.9 Å². The number of anilines is 3. The summed E-state index contributed by atoms with van der Waals surface area (Å²) in [7, 11) is 1.56. The number of hydrogen-bond donors (Lipinski definition) is 2. The van der Waals surface area contributed by atoms with Crippen molar-refractivity contribution in [3.8, 4) is 18.1 Å². The van der Waals surface area contributed by atoms with Gasteiger partial charge in [0.1, 0.15) is 17.4 Å². The molecule has 150 valence electrons. The Labute approximate surface area is 174 Å². The highest BCUT2D eigenvalue weighted by Crippen LogP contribution is 2.34. The van der Waals surface area contributed by atoms with Crippen molar-refractivity contribution < 1.29 is 9.53 Å². The van der Waals surface area contributed by atoms with E-state index in [0.29, 0.717) is 41.7 Å². The maximum Gasteiger partial charge on any atom is 0.246 e. The zero-order valence-electron chi connectivity index (χ0n) is 16.6. The van der Waals surface area contributed by atoms with E-state index in [1.807, 2.05) is 24.3 Å². The van der Waals surface area contributed by atoms with Crippen LogP contribution < -0.4 is 15.8 Å². The molecule has 7 heteroatoms. The minimum absolute atomic E-state index is 0.0411. The number of likely N-dealkylation sites (tertiary alicyclic amines) is 1. The maximum atomic E-state index is 11.8. The summed E-state index contributed by atoms with van der Waals surface area (Å²) in [6.45, 7) is 4.63. The molecule has 0 bridgehead atoms. The molecule has 3 N–H and O–H groups in total. The van der Waals surface area contributed by atoms with Gasteiger partial charge in [-0.2, -0.15) is 0 Å². The van der Waals surface area contributed by atoms with Crippen molar-refractivity contribution in [3.63, 3.8) is 0 Å². The number of benzene rings is 2. The average molecular weight is 399 g/mol. The van der Waals surface area contributed by atoms with E-state index in [2.05, 4.69) is 17.8 Å². The summed E-state index contributed by atoms with van der Waals surface area (Å²) >= 11 is 0. The van der Waals surface area contributed by atoms with Gasteiger partial charge in [0.25, 0.3) is 0 Å². The molecule has 1 amide bonds. The van der Waals surface area contributed by atoms with Crippen molar-refractivity contribution in [3.05, 3.63) is 60.4 Å². The number of nitrogens with zero attached hydrogens (tertiary/aromatic N) is 3. The Hall–Kier alpha value is -4.05. The van der Waals surface area contributed by atoms with Crippen molar-refractivity contribution >= 4 is 34.0 Å². The molecule has 0 aliphatic carbocycles. The van der Waals surface area contributed by atoms with E-state index >= 15 is 0 Å². The molecule has 0 saturated carbocycles. The van der Waals surface area contributed by atoms with Crippen LogP contribution in [0, 0.1) is 12.3 Å². The molecule has 7 nitrogen and oxygen atoms in total. The summed E-state index contributed by atoms with van der Waals surface area (Å²) in [6, 6.07) is 11.1. The topological polar surface area (TPSA) is 93.4 Å². The molecule has 1 fully saturated rings. The van der Waals surface area contributed by atoms with E-state index in [1.165, 1.54) is 6.08 Å². The number of terminal acetylenes is 1. The molecule has 30 heavy (non-hydrogen) atoms. The lowest BCUT2D eigenvalue weighted by molar-refractivity contribution is -0.130. The van der Waals surface area contributed by atoms with E-state index in [1.54, 1.807) is 24.1 Å². The predicted molar refractivity (Wildman–Crippen MR) is 118 cm³/mol. The summed E-state index contributed by atoms with van der Waals surface area (Å²) in [5, 5.41) is 4.10. The third kappa shape index (κ3) is 3.51. The number of nitrogen functional groups attached to an aromatic ring is 1. The van der Waals surface area contributed by atoms with Crippen molar-refractivity contribution in [1.29, 1.82) is 0 Å². The minimum atomic E-state index is -0.0917. The summed E-state index contributed by atoms with van der Waals surface area (Å²) in [6.07, 6.45) is 6.84. The zero-order chi connectivity index (χ0) is 21.3. The third-order valence-electron chi connectivity index (χ3n) is 5.09. The first kappa shape index (κ1) is 19.3. The maximum absolute atomic E-state index is 11.8. The lowest BCUT2D eigenvalue weighted by Gasteiger charge is -2.37. The van der Waals surface area contributed by atoms with Gasteiger partial charge < -0.3 is 20.7 Å². The second-order valence-corrected chi connectivity index (χ2v) is 7.04. The highest BCUT2D eigenvalue weighted by Gasteiger charge is 2.33. The summed E-state index contributed by atoms with van der Waals surface area (Å²) in [4.78, 5) is 23.0. The molecule has 1 aliphatic rings. The second kappa shape index (κ2) is 7.76. The van der Waals surface area contributed by atoms with Gasteiger partial charge in [0.05, 0.1) is 24.2 Å². The quantitative estimate of drug-likeness (QED) is 0.389. The number of carbonyl (C=O) groups excluding carboxylic acids is 1. The zero-order valence-corrected chi connectivity index (χ0v) is 16.6. The Morgan fingerprint density at radius 2 is 2.17 bits per heavy atom. The average Bonchev–Trinajstić information content (AvgIpc) is 2.72. The van der Waals surface area contributed by atoms with Crippen LogP contribution in [0.1, 0.15) is 17.3 Å². The van der Waals surface area contributed by atoms with E-state index in [-0.39, 0.29) is 11.8 Å². The van der Waals surface area contributed by atoms with Crippen LogP contribution in [0.3, 0.4) is 0 Å². The minimum Gasteiger partial charge on any atom is -0.495 e. The first-order valence-corrected chi connectivity index (χ1v) is 9.42. The molecule has 0 atom stereocenters. The Morgan fingerprint density at radius 1 is 1.37 bits per heavy atom. The molecule has 2 heterocycles. The van der Waals surface area contributed by atoms with Crippen LogP contribution in [0.25, 0.3) is 10.9 Å². The van der Waals surface area contributed by atoms with Gasteiger partial charge in [0, 0.05) is 35.8 Å². The van der Waals surface area contributed by atoms with Gasteiger partial charge in [-0.25, -0.2) is 9.97 Å². The first-order valence-electron chi connectivity index (χ1n) is 9.42. The lowest BCUT2D eigenvalue weighted by atomic mass is 9.98. The SMILES string of the molecule is C#Cc1cccc(Nc2nc(C3CN(C(=O)C=C)C3)nc3cc(OC)c(N)cc23)c1. The van der Waals surface area contributed by atoms with Gasteiger partial charge in [-0.3, -0.25) is 4.79 Å². The Bertz CT molecular complexity index is 1190. The van der Waals surface area contributed by atoms with Crippen molar-refractivity contribution in [2.75, 3.05) is 31.2 Å². The second-order valence-electron chi connectivity index (χ2n) is 7.04. The number of aromatic nitrogens is 2. The predicted octanol–water partition coefficient (Wildman–Crippen LogP) is 3.06. The molecular formula is C23H21N5O2. The third-order valence-corrected chi connectivity index (χ3v) is 5.09. The summed E-state index contributed by atoms with van der Waals surface area (Å²) < 4.78 is 5.35. The first-order chi connectivity index (χ1) is 14.5. The molecule has 1 saturated heterocycles. The van der Waals surface area contributed by atoms with Crippen molar-refractivity contribution in [2.45, 2.75) is 5.92 Å². The molecule has 3 aromatic rings. The number of rotatable bonds is 5. The lowest BCUT2D eigenvalue weighted by Crippen LogP contribution is -2.48. The number of hydrogen-bond acceptors (Lipinski definition) is 6. The van der Waals surface area contributed by atoms with Crippen LogP contribution >= 0.6 is 0 Å². The van der Waals surface area contributed by atoms with Crippen LogP contribution in [-0.2, 0) is 4.79 Å². The Kier molecular flexibility index (Phi) is 4.98. The number of methoxy groups -OCH3 is 1. The normalized spacial score (nSPS) is 13.4. The van der Waals surface area contributed by atoms with Crippen molar-refractivity contribution in [2.24, 2.45) is 0 Å². The molecule has 1 aliphatic heterocycles. The van der Waals surface area contributed by atoms with Crippen LogP contribution in [0.2, 0.25) is 0 Å². The fraction of sp³-hybridized carbons (Fsp3) is 0.174. The smallest absolute Gasteiger partial charge is 0.246 e. The van der Waals surface area contributed by atoms with Gasteiger partial charge in [-0.15, -0.1) is 6.42 Å². The molecule has 0 unspecified atom stereocenters. The highest BCUT2D eigenvalue weighted by molar-refractivity contribution is 5.95.